The molecule has 0 unspecified atom stereocenters. The molecule has 1 heterocycles. The fourth-order valence-electron chi connectivity index (χ4n) is 1.85. The topological polar surface area (TPSA) is 59.6 Å². The minimum Gasteiger partial charge on any atom is -0.378 e. The van der Waals surface area contributed by atoms with Gasteiger partial charge in [-0.1, -0.05) is 0 Å². The molecule has 0 atom stereocenters. The predicted octanol–water partition coefficient (Wildman–Crippen LogP) is 1.08. The van der Waals surface area contributed by atoms with E-state index in [1.165, 1.54) is 0 Å². The Kier molecular flexibility index (Phi) is 7.34. The molecule has 1 saturated heterocycles. The van der Waals surface area contributed by atoms with Gasteiger partial charge >= 0.3 is 0 Å². The van der Waals surface area contributed by atoms with E-state index in [1.807, 2.05) is 20.8 Å². The highest BCUT2D eigenvalue weighted by Gasteiger charge is 2.13. The Bertz CT molecular complexity index is 258. The minimum absolute atomic E-state index is 0.0585. The van der Waals surface area contributed by atoms with Crippen LogP contribution in [0.1, 0.15) is 40.0 Å². The van der Waals surface area contributed by atoms with Crippen molar-refractivity contribution in [3.05, 3.63) is 0 Å². The number of carbonyl (C=O) groups excluding carboxylic acids is 1. The van der Waals surface area contributed by atoms with Crippen molar-refractivity contribution in [1.29, 1.82) is 0 Å². The maximum atomic E-state index is 11.5. The second-order valence-corrected chi connectivity index (χ2v) is 5.92. The zero-order valence-corrected chi connectivity index (χ0v) is 12.5. The van der Waals surface area contributed by atoms with Crippen LogP contribution >= 0.6 is 0 Å². The van der Waals surface area contributed by atoms with Crippen molar-refractivity contribution < 1.29 is 14.3 Å². The highest BCUT2D eigenvalue weighted by atomic mass is 16.5. The van der Waals surface area contributed by atoms with E-state index in [-0.39, 0.29) is 18.1 Å². The van der Waals surface area contributed by atoms with Gasteiger partial charge in [0.1, 0.15) is 6.61 Å². The standard InChI is InChI=1S/C14H28N2O3/c1-14(2,3)19-11-13(17)16-7-4-10-18-12-5-8-15-9-6-12/h12,15H,4-11H2,1-3H3,(H,16,17). The molecule has 0 spiro atoms. The molecule has 0 aromatic rings. The molecule has 19 heavy (non-hydrogen) atoms. The van der Waals surface area contributed by atoms with Crippen molar-refractivity contribution in [2.24, 2.45) is 0 Å². The first-order valence-electron chi connectivity index (χ1n) is 7.20. The lowest BCUT2D eigenvalue weighted by atomic mass is 10.1. The molecular weight excluding hydrogens is 244 g/mol. The number of ether oxygens (including phenoxy) is 2. The lowest BCUT2D eigenvalue weighted by Crippen LogP contribution is -2.34. The number of carbonyl (C=O) groups is 1. The van der Waals surface area contributed by atoms with Gasteiger partial charge in [-0.15, -0.1) is 0 Å². The first-order valence-corrected chi connectivity index (χ1v) is 7.20. The second kappa shape index (κ2) is 8.51. The summed E-state index contributed by atoms with van der Waals surface area (Å²) in [5.41, 5.74) is -0.268. The third-order valence-corrected chi connectivity index (χ3v) is 2.92. The van der Waals surface area contributed by atoms with Gasteiger partial charge in [-0.25, -0.2) is 0 Å². The second-order valence-electron chi connectivity index (χ2n) is 5.92. The summed E-state index contributed by atoms with van der Waals surface area (Å²) >= 11 is 0. The summed E-state index contributed by atoms with van der Waals surface area (Å²) in [6, 6.07) is 0. The van der Waals surface area contributed by atoms with E-state index in [9.17, 15) is 4.79 Å². The number of nitrogens with one attached hydrogen (secondary N) is 2. The molecule has 0 aromatic carbocycles. The Morgan fingerprint density at radius 1 is 1.32 bits per heavy atom. The first kappa shape index (κ1) is 16.4. The summed E-state index contributed by atoms with van der Waals surface area (Å²) in [6.45, 7) is 9.39. The molecular formula is C14H28N2O3. The molecule has 2 N–H and O–H groups in total. The molecule has 5 heteroatoms. The molecule has 0 saturated carbocycles. The van der Waals surface area contributed by atoms with Crippen LogP contribution in [0.2, 0.25) is 0 Å². The van der Waals surface area contributed by atoms with Gasteiger partial charge in [0, 0.05) is 13.2 Å². The fraction of sp³-hybridized carbons (Fsp3) is 0.929. The maximum Gasteiger partial charge on any atom is 0.246 e. The van der Waals surface area contributed by atoms with Crippen molar-refractivity contribution in [3.63, 3.8) is 0 Å². The summed E-state index contributed by atoms with van der Waals surface area (Å²) in [6.07, 6.45) is 3.42. The lowest BCUT2D eigenvalue weighted by molar-refractivity contribution is -0.130. The van der Waals surface area contributed by atoms with Gasteiger partial charge in [-0.2, -0.15) is 0 Å². The third kappa shape index (κ3) is 8.97. The van der Waals surface area contributed by atoms with E-state index in [2.05, 4.69) is 10.6 Å². The molecule has 0 radical (unpaired) electrons. The van der Waals surface area contributed by atoms with Gasteiger partial charge in [-0.05, 0) is 53.1 Å². The van der Waals surface area contributed by atoms with Crippen LogP contribution in [0.3, 0.4) is 0 Å². The normalized spacial score (nSPS) is 17.4. The van der Waals surface area contributed by atoms with Crippen LogP contribution in [0.4, 0.5) is 0 Å². The molecule has 0 aliphatic carbocycles. The van der Waals surface area contributed by atoms with E-state index >= 15 is 0 Å². The van der Waals surface area contributed by atoms with Gasteiger partial charge in [0.05, 0.1) is 11.7 Å². The molecule has 1 aliphatic heterocycles. The Labute approximate surface area is 116 Å². The van der Waals surface area contributed by atoms with Crippen LogP contribution in [0.25, 0.3) is 0 Å². The van der Waals surface area contributed by atoms with E-state index in [4.69, 9.17) is 9.47 Å². The van der Waals surface area contributed by atoms with Crippen molar-refractivity contribution in [1.82, 2.24) is 10.6 Å². The number of rotatable bonds is 7. The highest BCUT2D eigenvalue weighted by Crippen LogP contribution is 2.07. The van der Waals surface area contributed by atoms with Crippen LogP contribution in [-0.4, -0.2) is 50.5 Å². The minimum atomic E-state index is -0.268. The van der Waals surface area contributed by atoms with E-state index in [0.29, 0.717) is 19.3 Å². The van der Waals surface area contributed by atoms with Crippen molar-refractivity contribution in [2.75, 3.05) is 32.8 Å². The zero-order valence-electron chi connectivity index (χ0n) is 12.5. The average molecular weight is 272 g/mol. The molecule has 1 rings (SSSR count). The summed E-state index contributed by atoms with van der Waals surface area (Å²) < 4.78 is 11.1. The summed E-state index contributed by atoms with van der Waals surface area (Å²) in [5.74, 6) is -0.0585. The van der Waals surface area contributed by atoms with Crippen LogP contribution in [0, 0.1) is 0 Å². The smallest absolute Gasteiger partial charge is 0.246 e. The Morgan fingerprint density at radius 3 is 2.63 bits per heavy atom. The molecule has 0 aromatic heterocycles. The molecule has 5 nitrogen and oxygen atoms in total. The number of hydrogen-bond acceptors (Lipinski definition) is 4. The van der Waals surface area contributed by atoms with Crippen LogP contribution < -0.4 is 10.6 Å². The SMILES string of the molecule is CC(C)(C)OCC(=O)NCCCOC1CCNCC1. The molecule has 1 aliphatic rings. The van der Waals surface area contributed by atoms with Gasteiger partial charge in [-0.3, -0.25) is 4.79 Å². The van der Waals surface area contributed by atoms with Crippen molar-refractivity contribution in [2.45, 2.75) is 51.7 Å². The Balaban J connectivity index is 1.93. The fourth-order valence-corrected chi connectivity index (χ4v) is 1.85. The van der Waals surface area contributed by atoms with E-state index in [1.54, 1.807) is 0 Å². The quantitative estimate of drug-likeness (QED) is 0.681. The summed E-state index contributed by atoms with van der Waals surface area (Å²) in [7, 11) is 0. The summed E-state index contributed by atoms with van der Waals surface area (Å²) in [4.78, 5) is 11.5. The van der Waals surface area contributed by atoms with Gasteiger partial charge in [0.15, 0.2) is 0 Å². The molecule has 0 bridgehead atoms. The predicted molar refractivity (Wildman–Crippen MR) is 75.2 cm³/mol. The first-order chi connectivity index (χ1) is 8.97. The van der Waals surface area contributed by atoms with E-state index in [0.717, 1.165) is 32.4 Å². The Morgan fingerprint density at radius 2 is 2.00 bits per heavy atom. The van der Waals surface area contributed by atoms with Gasteiger partial charge in [0.25, 0.3) is 0 Å². The monoisotopic (exact) mass is 272 g/mol. The van der Waals surface area contributed by atoms with Gasteiger partial charge in [0.2, 0.25) is 5.91 Å². The van der Waals surface area contributed by atoms with Crippen molar-refractivity contribution in [3.8, 4) is 0 Å². The summed E-state index contributed by atoms with van der Waals surface area (Å²) in [5, 5.41) is 6.14. The number of piperidine rings is 1. The maximum absolute atomic E-state index is 11.5. The lowest BCUT2D eigenvalue weighted by Gasteiger charge is -2.23. The van der Waals surface area contributed by atoms with Crippen LogP contribution in [0.5, 0.6) is 0 Å². The highest BCUT2D eigenvalue weighted by molar-refractivity contribution is 5.77. The average Bonchev–Trinajstić information content (AvgIpc) is 2.36. The molecule has 1 amide bonds. The van der Waals surface area contributed by atoms with Gasteiger partial charge < -0.3 is 20.1 Å². The van der Waals surface area contributed by atoms with Crippen LogP contribution in [-0.2, 0) is 14.3 Å². The van der Waals surface area contributed by atoms with E-state index < -0.39 is 0 Å². The third-order valence-electron chi connectivity index (χ3n) is 2.92. The molecule has 1 fully saturated rings. The van der Waals surface area contributed by atoms with Crippen LogP contribution in [0.15, 0.2) is 0 Å². The Hall–Kier alpha value is -0.650. The number of hydrogen-bond donors (Lipinski definition) is 2. The largest absolute Gasteiger partial charge is 0.378 e. The zero-order chi connectivity index (χ0) is 14.1. The number of amides is 1. The molecule has 112 valence electrons. The van der Waals surface area contributed by atoms with Crippen molar-refractivity contribution >= 4 is 5.91 Å².